The molecule has 0 aliphatic carbocycles. The van der Waals surface area contributed by atoms with Crippen LogP contribution in [0.2, 0.25) is 0 Å². The summed E-state index contributed by atoms with van der Waals surface area (Å²) >= 11 is 0. The third-order valence-electron chi connectivity index (χ3n) is 3.22. The number of nitrogens with zero attached hydrogens (tertiary/aromatic N) is 1. The highest BCUT2D eigenvalue weighted by atomic mass is 19.1. The van der Waals surface area contributed by atoms with Crippen LogP contribution in [0.3, 0.4) is 0 Å². The summed E-state index contributed by atoms with van der Waals surface area (Å²) in [6, 6.07) is 4.17. The van der Waals surface area contributed by atoms with Gasteiger partial charge < -0.3 is 15.3 Å². The summed E-state index contributed by atoms with van der Waals surface area (Å²) in [5, 5.41) is 11.2. The van der Waals surface area contributed by atoms with Gasteiger partial charge in [-0.1, -0.05) is 6.07 Å². The second-order valence-corrected chi connectivity index (χ2v) is 4.71. The van der Waals surface area contributed by atoms with Crippen molar-refractivity contribution < 1.29 is 19.1 Å². The maximum absolute atomic E-state index is 13.3. The van der Waals surface area contributed by atoms with Crippen molar-refractivity contribution in [1.29, 1.82) is 0 Å². The van der Waals surface area contributed by atoms with Crippen molar-refractivity contribution in [1.82, 2.24) is 4.90 Å². The van der Waals surface area contributed by atoms with E-state index < -0.39 is 5.97 Å². The van der Waals surface area contributed by atoms with Crippen LogP contribution in [0.1, 0.15) is 12.0 Å². The van der Waals surface area contributed by atoms with Crippen LogP contribution in [0.5, 0.6) is 0 Å². The van der Waals surface area contributed by atoms with Gasteiger partial charge in [-0.2, -0.15) is 0 Å². The van der Waals surface area contributed by atoms with Gasteiger partial charge in [-0.15, -0.1) is 0 Å². The number of hydrogen-bond donors (Lipinski definition) is 2. The van der Waals surface area contributed by atoms with Gasteiger partial charge in [0.15, 0.2) is 0 Å². The average Bonchev–Trinajstić information content (AvgIpc) is 2.28. The maximum atomic E-state index is 13.3. The molecule has 1 heterocycles. The average molecular weight is 266 g/mol. The second kappa shape index (κ2) is 5.26. The van der Waals surface area contributed by atoms with Crippen molar-refractivity contribution in [3.05, 3.63) is 29.6 Å². The number of amides is 2. The molecule has 1 aliphatic heterocycles. The lowest BCUT2D eigenvalue weighted by Gasteiger charge is -2.38. The molecule has 19 heavy (non-hydrogen) atoms. The number of aliphatic carboxylic acids is 1. The molecule has 0 unspecified atom stereocenters. The van der Waals surface area contributed by atoms with E-state index in [1.807, 2.05) is 0 Å². The Kier molecular flexibility index (Phi) is 3.69. The number of carbonyl (C=O) groups is 2. The Hall–Kier alpha value is -2.11. The lowest BCUT2D eigenvalue weighted by atomic mass is 9.97. The Bertz CT molecular complexity index is 513. The zero-order valence-electron chi connectivity index (χ0n) is 10.5. The SMILES string of the molecule is Cc1c(F)cccc1NC(=O)N1CC(CC(=O)O)C1. The number of halogens is 1. The van der Waals surface area contributed by atoms with E-state index in [0.717, 1.165) is 0 Å². The monoisotopic (exact) mass is 266 g/mol. The number of rotatable bonds is 3. The number of nitrogens with one attached hydrogen (secondary N) is 1. The molecule has 0 aromatic heterocycles. The fourth-order valence-corrected chi connectivity index (χ4v) is 2.05. The molecule has 1 aromatic carbocycles. The fourth-order valence-electron chi connectivity index (χ4n) is 2.05. The van der Waals surface area contributed by atoms with E-state index in [2.05, 4.69) is 5.32 Å². The predicted octanol–water partition coefficient (Wildman–Crippen LogP) is 2.07. The molecular formula is C13H15FN2O3. The minimum atomic E-state index is -0.856. The quantitative estimate of drug-likeness (QED) is 0.880. The number of urea groups is 1. The lowest BCUT2D eigenvalue weighted by molar-refractivity contribution is -0.139. The molecule has 0 spiro atoms. The van der Waals surface area contributed by atoms with Gasteiger partial charge in [0.25, 0.3) is 0 Å². The van der Waals surface area contributed by atoms with Gasteiger partial charge in [0, 0.05) is 30.3 Å². The Morgan fingerprint density at radius 2 is 2.16 bits per heavy atom. The van der Waals surface area contributed by atoms with E-state index in [-0.39, 0.29) is 24.2 Å². The van der Waals surface area contributed by atoms with E-state index in [1.54, 1.807) is 13.0 Å². The number of anilines is 1. The van der Waals surface area contributed by atoms with Gasteiger partial charge >= 0.3 is 12.0 Å². The number of benzene rings is 1. The Morgan fingerprint density at radius 3 is 2.79 bits per heavy atom. The topological polar surface area (TPSA) is 69.6 Å². The first-order chi connectivity index (χ1) is 8.97. The number of carboxylic acids is 1. The first-order valence-corrected chi connectivity index (χ1v) is 6.00. The smallest absolute Gasteiger partial charge is 0.321 e. The molecule has 2 N–H and O–H groups in total. The van der Waals surface area contributed by atoms with Gasteiger partial charge in [0.05, 0.1) is 6.42 Å². The van der Waals surface area contributed by atoms with E-state index in [4.69, 9.17) is 5.11 Å². The number of carbonyl (C=O) groups excluding carboxylic acids is 1. The minimum absolute atomic E-state index is 0.0110. The van der Waals surface area contributed by atoms with Gasteiger partial charge in [0.2, 0.25) is 0 Å². The molecule has 1 fully saturated rings. The summed E-state index contributed by atoms with van der Waals surface area (Å²) in [5.41, 5.74) is 0.824. The van der Waals surface area contributed by atoms with Crippen LogP contribution < -0.4 is 5.32 Å². The van der Waals surface area contributed by atoms with Crippen LogP contribution in [-0.4, -0.2) is 35.1 Å². The van der Waals surface area contributed by atoms with Crippen LogP contribution >= 0.6 is 0 Å². The zero-order chi connectivity index (χ0) is 14.0. The number of likely N-dealkylation sites (tertiary alicyclic amines) is 1. The Labute approximate surface area is 110 Å². The van der Waals surface area contributed by atoms with E-state index in [1.165, 1.54) is 17.0 Å². The molecule has 0 atom stereocenters. The molecule has 0 radical (unpaired) electrons. The minimum Gasteiger partial charge on any atom is -0.481 e. The molecule has 0 saturated carbocycles. The van der Waals surface area contributed by atoms with Crippen LogP contribution in [-0.2, 0) is 4.79 Å². The summed E-state index contributed by atoms with van der Waals surface area (Å²) in [6.07, 6.45) is 0.0722. The third kappa shape index (κ3) is 3.01. The molecule has 6 heteroatoms. The van der Waals surface area contributed by atoms with Gasteiger partial charge in [0.1, 0.15) is 5.82 Å². The predicted molar refractivity (Wildman–Crippen MR) is 67.5 cm³/mol. The molecule has 1 aromatic rings. The van der Waals surface area contributed by atoms with E-state index >= 15 is 0 Å². The number of carboxylic acid groups (broad SMARTS) is 1. The van der Waals surface area contributed by atoms with Crippen molar-refractivity contribution in [3.63, 3.8) is 0 Å². The summed E-state index contributed by atoms with van der Waals surface area (Å²) in [4.78, 5) is 23.8. The van der Waals surface area contributed by atoms with Crippen LogP contribution in [0.4, 0.5) is 14.9 Å². The summed E-state index contributed by atoms with van der Waals surface area (Å²) < 4.78 is 13.3. The standard InChI is InChI=1S/C13H15FN2O3/c1-8-10(14)3-2-4-11(8)15-13(19)16-6-9(7-16)5-12(17)18/h2-4,9H,5-7H2,1H3,(H,15,19)(H,17,18). The fraction of sp³-hybridized carbons (Fsp3) is 0.385. The molecule has 1 saturated heterocycles. The molecule has 102 valence electrons. The number of hydrogen-bond acceptors (Lipinski definition) is 2. The largest absolute Gasteiger partial charge is 0.481 e. The Morgan fingerprint density at radius 1 is 1.47 bits per heavy atom. The van der Waals surface area contributed by atoms with Gasteiger partial charge in [-0.3, -0.25) is 4.79 Å². The van der Waals surface area contributed by atoms with Crippen LogP contribution in [0, 0.1) is 18.7 Å². The van der Waals surface area contributed by atoms with E-state index in [9.17, 15) is 14.0 Å². The first-order valence-electron chi connectivity index (χ1n) is 6.00. The highest BCUT2D eigenvalue weighted by Crippen LogP contribution is 2.22. The summed E-state index contributed by atoms with van der Waals surface area (Å²) in [5.74, 6) is -1.21. The van der Waals surface area contributed by atoms with Crippen molar-refractivity contribution in [2.45, 2.75) is 13.3 Å². The van der Waals surface area contributed by atoms with Crippen LogP contribution in [0.25, 0.3) is 0 Å². The molecule has 1 aliphatic rings. The van der Waals surface area contributed by atoms with Gasteiger partial charge in [-0.05, 0) is 19.1 Å². The molecule has 2 rings (SSSR count). The Balaban J connectivity index is 1.89. The summed E-state index contributed by atoms with van der Waals surface area (Å²) in [7, 11) is 0. The first kappa shape index (κ1) is 13.3. The summed E-state index contributed by atoms with van der Waals surface area (Å²) in [6.45, 7) is 2.44. The van der Waals surface area contributed by atoms with Crippen molar-refractivity contribution in [3.8, 4) is 0 Å². The van der Waals surface area contributed by atoms with E-state index in [0.29, 0.717) is 24.3 Å². The highest BCUT2D eigenvalue weighted by Gasteiger charge is 2.32. The van der Waals surface area contributed by atoms with Crippen LogP contribution in [0.15, 0.2) is 18.2 Å². The normalized spacial score (nSPS) is 14.9. The highest BCUT2D eigenvalue weighted by molar-refractivity contribution is 5.90. The van der Waals surface area contributed by atoms with Crippen molar-refractivity contribution >= 4 is 17.7 Å². The van der Waals surface area contributed by atoms with Gasteiger partial charge in [-0.25, -0.2) is 9.18 Å². The molecule has 0 bridgehead atoms. The molecule has 5 nitrogen and oxygen atoms in total. The van der Waals surface area contributed by atoms with Crippen molar-refractivity contribution in [2.24, 2.45) is 5.92 Å². The molecular weight excluding hydrogens is 251 g/mol. The second-order valence-electron chi connectivity index (χ2n) is 4.71. The van der Waals surface area contributed by atoms with Crippen molar-refractivity contribution in [2.75, 3.05) is 18.4 Å². The zero-order valence-corrected chi connectivity index (χ0v) is 10.5. The third-order valence-corrected chi connectivity index (χ3v) is 3.22. The lowest BCUT2D eigenvalue weighted by Crippen LogP contribution is -2.52. The molecule has 2 amide bonds. The maximum Gasteiger partial charge on any atom is 0.321 e.